The predicted molar refractivity (Wildman–Crippen MR) is 85.1 cm³/mol. The molecule has 0 radical (unpaired) electrons. The van der Waals surface area contributed by atoms with Crippen LogP contribution in [0, 0.1) is 0 Å². The number of hydrogen-bond donors (Lipinski definition) is 1. The lowest BCUT2D eigenvalue weighted by Gasteiger charge is -2.10. The van der Waals surface area contributed by atoms with Crippen molar-refractivity contribution in [1.82, 2.24) is 5.32 Å². The number of carbonyl (C=O) groups is 1. The van der Waals surface area contributed by atoms with E-state index in [4.69, 9.17) is 4.74 Å². The van der Waals surface area contributed by atoms with Gasteiger partial charge in [0.25, 0.3) is 0 Å². The molecule has 0 fully saturated rings. The minimum absolute atomic E-state index is 0.0284. The molecule has 0 aromatic heterocycles. The van der Waals surface area contributed by atoms with Crippen molar-refractivity contribution in [3.05, 3.63) is 59.7 Å². The molecule has 0 unspecified atom stereocenters. The van der Waals surface area contributed by atoms with E-state index in [1.54, 1.807) is 14.2 Å². The fourth-order valence-corrected chi connectivity index (χ4v) is 2.17. The molecule has 2 aromatic rings. The fraction of sp³-hybridized carbons (Fsp3) is 0.278. The number of ether oxygens (including phenoxy) is 1. The molecule has 1 atom stereocenters. The Morgan fingerprint density at radius 1 is 1.05 bits per heavy atom. The highest BCUT2D eigenvalue weighted by molar-refractivity contribution is 5.78. The van der Waals surface area contributed by atoms with Gasteiger partial charge in [-0.3, -0.25) is 4.79 Å². The fourth-order valence-electron chi connectivity index (χ4n) is 2.17. The quantitative estimate of drug-likeness (QED) is 0.914. The van der Waals surface area contributed by atoms with Crippen molar-refractivity contribution in [2.24, 2.45) is 0 Å². The summed E-state index contributed by atoms with van der Waals surface area (Å²) < 4.78 is 5.31. The van der Waals surface area contributed by atoms with Crippen molar-refractivity contribution < 1.29 is 9.53 Å². The Kier molecular flexibility index (Phi) is 5.12. The zero-order valence-electron chi connectivity index (χ0n) is 12.7. The van der Waals surface area contributed by atoms with Crippen LogP contribution in [0.3, 0.4) is 0 Å². The molecule has 0 bridgehead atoms. The monoisotopic (exact) mass is 283 g/mol. The molecule has 0 saturated heterocycles. The molecule has 2 rings (SSSR count). The lowest BCUT2D eigenvalue weighted by Crippen LogP contribution is -2.19. The zero-order chi connectivity index (χ0) is 15.2. The number of nitrogens with one attached hydrogen (secondary N) is 1. The highest BCUT2D eigenvalue weighted by Gasteiger charge is 2.05. The Labute approximate surface area is 126 Å². The second-order valence-electron chi connectivity index (χ2n) is 5.05. The maximum atomic E-state index is 11.3. The predicted octanol–water partition coefficient (Wildman–Crippen LogP) is 3.35. The van der Waals surface area contributed by atoms with Crippen LogP contribution in [0.15, 0.2) is 48.5 Å². The Bertz CT molecular complexity index is 588. The average Bonchev–Trinajstić information content (AvgIpc) is 2.55. The molecule has 0 saturated carbocycles. The van der Waals surface area contributed by atoms with Crippen LogP contribution in [0.5, 0.6) is 0 Å². The number of likely N-dealkylation sites (N-methyl/N-ethyl adjacent to an activating group) is 1. The Morgan fingerprint density at radius 2 is 1.57 bits per heavy atom. The summed E-state index contributed by atoms with van der Waals surface area (Å²) in [7, 11) is 3.36. The number of amides is 1. The van der Waals surface area contributed by atoms with Crippen LogP contribution in [0.25, 0.3) is 11.1 Å². The third-order valence-electron chi connectivity index (χ3n) is 3.66. The van der Waals surface area contributed by atoms with E-state index in [-0.39, 0.29) is 12.0 Å². The van der Waals surface area contributed by atoms with Crippen LogP contribution in [-0.4, -0.2) is 20.1 Å². The SMILES string of the molecule is CNC(=O)Cc1ccc(-c2ccc([C@@H](C)OC)cc2)cc1. The first-order chi connectivity index (χ1) is 10.1. The molecular weight excluding hydrogens is 262 g/mol. The van der Waals surface area contributed by atoms with Gasteiger partial charge in [0.05, 0.1) is 12.5 Å². The molecule has 0 aliphatic carbocycles. The van der Waals surface area contributed by atoms with Crippen molar-refractivity contribution in [3.8, 4) is 11.1 Å². The summed E-state index contributed by atoms with van der Waals surface area (Å²) in [4.78, 5) is 11.3. The molecule has 3 heteroatoms. The normalized spacial score (nSPS) is 12.0. The van der Waals surface area contributed by atoms with Crippen LogP contribution in [0.1, 0.15) is 24.2 Å². The Hall–Kier alpha value is -2.13. The summed E-state index contributed by atoms with van der Waals surface area (Å²) in [6, 6.07) is 16.5. The van der Waals surface area contributed by atoms with Gasteiger partial charge < -0.3 is 10.1 Å². The van der Waals surface area contributed by atoms with E-state index in [1.165, 1.54) is 0 Å². The summed E-state index contributed by atoms with van der Waals surface area (Å²) in [6.45, 7) is 2.03. The lowest BCUT2D eigenvalue weighted by atomic mass is 10.0. The van der Waals surface area contributed by atoms with Crippen molar-refractivity contribution in [2.75, 3.05) is 14.2 Å². The Balaban J connectivity index is 2.13. The molecule has 3 nitrogen and oxygen atoms in total. The molecule has 1 N–H and O–H groups in total. The van der Waals surface area contributed by atoms with E-state index in [1.807, 2.05) is 31.2 Å². The Morgan fingerprint density at radius 3 is 2.05 bits per heavy atom. The average molecular weight is 283 g/mol. The number of hydrogen-bond acceptors (Lipinski definition) is 2. The van der Waals surface area contributed by atoms with Crippen molar-refractivity contribution in [1.29, 1.82) is 0 Å². The van der Waals surface area contributed by atoms with Gasteiger partial charge in [-0.1, -0.05) is 48.5 Å². The van der Waals surface area contributed by atoms with Gasteiger partial charge in [0.1, 0.15) is 0 Å². The van der Waals surface area contributed by atoms with Gasteiger partial charge in [0.15, 0.2) is 0 Å². The third-order valence-corrected chi connectivity index (χ3v) is 3.66. The van der Waals surface area contributed by atoms with E-state index >= 15 is 0 Å². The molecule has 110 valence electrons. The van der Waals surface area contributed by atoms with Crippen LogP contribution in [0.4, 0.5) is 0 Å². The second-order valence-corrected chi connectivity index (χ2v) is 5.05. The largest absolute Gasteiger partial charge is 0.377 e. The maximum absolute atomic E-state index is 11.3. The molecule has 21 heavy (non-hydrogen) atoms. The smallest absolute Gasteiger partial charge is 0.224 e. The van der Waals surface area contributed by atoms with Gasteiger partial charge in [-0.15, -0.1) is 0 Å². The molecule has 0 aliphatic rings. The summed E-state index contributed by atoms with van der Waals surface area (Å²) in [5.74, 6) is 0.0284. The number of benzene rings is 2. The first-order valence-electron chi connectivity index (χ1n) is 7.06. The third kappa shape index (κ3) is 3.92. The molecule has 2 aromatic carbocycles. The molecule has 0 aliphatic heterocycles. The van der Waals surface area contributed by atoms with Gasteiger partial charge in [0, 0.05) is 14.2 Å². The number of methoxy groups -OCH3 is 1. The van der Waals surface area contributed by atoms with Crippen LogP contribution in [-0.2, 0) is 16.0 Å². The van der Waals surface area contributed by atoms with E-state index in [9.17, 15) is 4.79 Å². The summed E-state index contributed by atoms with van der Waals surface area (Å²) in [6.07, 6.45) is 0.523. The molecule has 0 heterocycles. The zero-order valence-corrected chi connectivity index (χ0v) is 12.7. The van der Waals surface area contributed by atoms with E-state index in [2.05, 4.69) is 29.6 Å². The first kappa shape index (κ1) is 15.3. The lowest BCUT2D eigenvalue weighted by molar-refractivity contribution is -0.119. The summed E-state index contributed by atoms with van der Waals surface area (Å²) in [5, 5.41) is 2.63. The molecular formula is C18H21NO2. The van der Waals surface area contributed by atoms with Gasteiger partial charge in [-0.2, -0.15) is 0 Å². The number of rotatable bonds is 5. The standard InChI is InChI=1S/C18H21NO2/c1-13(21-3)15-8-10-17(11-9-15)16-6-4-14(5-7-16)12-18(20)19-2/h4-11,13H,12H2,1-3H3,(H,19,20)/t13-/m1/s1. The van der Waals surface area contributed by atoms with Gasteiger partial charge in [-0.05, 0) is 29.2 Å². The topological polar surface area (TPSA) is 38.3 Å². The second kappa shape index (κ2) is 7.04. The maximum Gasteiger partial charge on any atom is 0.224 e. The van der Waals surface area contributed by atoms with E-state index in [0.717, 1.165) is 22.3 Å². The highest BCUT2D eigenvalue weighted by atomic mass is 16.5. The summed E-state index contributed by atoms with van der Waals surface area (Å²) >= 11 is 0. The number of carbonyl (C=O) groups excluding carboxylic acids is 1. The van der Waals surface area contributed by atoms with E-state index in [0.29, 0.717) is 6.42 Å². The van der Waals surface area contributed by atoms with Crippen LogP contribution >= 0.6 is 0 Å². The van der Waals surface area contributed by atoms with Gasteiger partial charge in [-0.25, -0.2) is 0 Å². The molecule has 0 spiro atoms. The summed E-state index contributed by atoms with van der Waals surface area (Å²) in [5.41, 5.74) is 4.49. The van der Waals surface area contributed by atoms with Gasteiger partial charge in [0.2, 0.25) is 5.91 Å². The first-order valence-corrected chi connectivity index (χ1v) is 7.06. The van der Waals surface area contributed by atoms with Crippen molar-refractivity contribution in [2.45, 2.75) is 19.4 Å². The minimum Gasteiger partial charge on any atom is -0.377 e. The van der Waals surface area contributed by atoms with Crippen molar-refractivity contribution in [3.63, 3.8) is 0 Å². The van der Waals surface area contributed by atoms with Crippen LogP contribution < -0.4 is 5.32 Å². The van der Waals surface area contributed by atoms with Crippen molar-refractivity contribution >= 4 is 5.91 Å². The van der Waals surface area contributed by atoms with Gasteiger partial charge >= 0.3 is 0 Å². The highest BCUT2D eigenvalue weighted by Crippen LogP contribution is 2.23. The minimum atomic E-state index is 0.0284. The van der Waals surface area contributed by atoms with Crippen LogP contribution in [0.2, 0.25) is 0 Å². The van der Waals surface area contributed by atoms with E-state index < -0.39 is 0 Å². The molecule has 1 amide bonds.